The summed E-state index contributed by atoms with van der Waals surface area (Å²) in [5, 5.41) is 8.18. The van der Waals surface area contributed by atoms with Crippen molar-refractivity contribution in [2.45, 2.75) is 26.6 Å². The number of rotatable bonds is 7. The standard InChI is InChI=1S/C19H19F2N3O2/c1-13-4-3-5-15(10-13)18-23-22-17(26-18)12-24(2)11-14-6-8-16(9-7-14)25-19(20)21/h3-10,19H,11-12H2,1-2H3. The first-order chi connectivity index (χ1) is 12.5. The van der Waals surface area contributed by atoms with Gasteiger partial charge in [-0.2, -0.15) is 8.78 Å². The lowest BCUT2D eigenvalue weighted by Crippen LogP contribution is -2.17. The Bertz CT molecular complexity index is 850. The molecule has 0 atom stereocenters. The van der Waals surface area contributed by atoms with E-state index in [0.717, 1.165) is 16.7 Å². The van der Waals surface area contributed by atoms with Gasteiger partial charge in [-0.05, 0) is 43.8 Å². The van der Waals surface area contributed by atoms with Gasteiger partial charge >= 0.3 is 6.61 Å². The van der Waals surface area contributed by atoms with Crippen LogP contribution >= 0.6 is 0 Å². The summed E-state index contributed by atoms with van der Waals surface area (Å²) < 4.78 is 34.4. The average molecular weight is 359 g/mol. The minimum Gasteiger partial charge on any atom is -0.435 e. The van der Waals surface area contributed by atoms with Crippen molar-refractivity contribution >= 4 is 0 Å². The van der Waals surface area contributed by atoms with E-state index in [9.17, 15) is 8.78 Å². The van der Waals surface area contributed by atoms with Crippen molar-refractivity contribution in [1.29, 1.82) is 0 Å². The number of benzene rings is 2. The van der Waals surface area contributed by atoms with Crippen LogP contribution in [0.4, 0.5) is 8.78 Å². The second kappa shape index (κ2) is 8.05. The summed E-state index contributed by atoms with van der Waals surface area (Å²) in [5.41, 5.74) is 2.98. The molecule has 1 heterocycles. The summed E-state index contributed by atoms with van der Waals surface area (Å²) in [6.07, 6.45) is 0. The van der Waals surface area contributed by atoms with Crippen molar-refractivity contribution in [3.63, 3.8) is 0 Å². The summed E-state index contributed by atoms with van der Waals surface area (Å²) >= 11 is 0. The minimum absolute atomic E-state index is 0.145. The van der Waals surface area contributed by atoms with Gasteiger partial charge in [0.15, 0.2) is 0 Å². The van der Waals surface area contributed by atoms with Crippen LogP contribution in [-0.2, 0) is 13.1 Å². The second-order valence-electron chi connectivity index (χ2n) is 6.07. The number of nitrogens with zero attached hydrogens (tertiary/aromatic N) is 3. The molecular formula is C19H19F2N3O2. The van der Waals surface area contributed by atoms with Gasteiger partial charge in [-0.1, -0.05) is 29.8 Å². The van der Waals surface area contributed by atoms with Crippen LogP contribution in [0.5, 0.6) is 5.75 Å². The van der Waals surface area contributed by atoms with E-state index in [-0.39, 0.29) is 5.75 Å². The highest BCUT2D eigenvalue weighted by atomic mass is 19.3. The van der Waals surface area contributed by atoms with Crippen molar-refractivity contribution in [3.05, 3.63) is 65.5 Å². The van der Waals surface area contributed by atoms with Gasteiger partial charge in [-0.3, -0.25) is 4.90 Å². The molecule has 2 aromatic carbocycles. The highest BCUT2D eigenvalue weighted by molar-refractivity contribution is 5.53. The van der Waals surface area contributed by atoms with E-state index < -0.39 is 6.61 Å². The molecule has 5 nitrogen and oxygen atoms in total. The molecule has 0 radical (unpaired) electrons. The van der Waals surface area contributed by atoms with Gasteiger partial charge in [-0.25, -0.2) is 0 Å². The molecule has 0 aliphatic heterocycles. The Morgan fingerprint density at radius 1 is 1.08 bits per heavy atom. The first-order valence-corrected chi connectivity index (χ1v) is 8.11. The Kier molecular flexibility index (Phi) is 5.58. The van der Waals surface area contributed by atoms with Crippen LogP contribution in [-0.4, -0.2) is 28.8 Å². The van der Waals surface area contributed by atoms with Crippen LogP contribution in [0.3, 0.4) is 0 Å². The maximum atomic E-state index is 12.2. The average Bonchev–Trinajstić information content (AvgIpc) is 3.04. The van der Waals surface area contributed by atoms with Gasteiger partial charge in [0.2, 0.25) is 11.8 Å². The highest BCUT2D eigenvalue weighted by Crippen LogP contribution is 2.20. The zero-order valence-electron chi connectivity index (χ0n) is 14.5. The molecule has 7 heteroatoms. The molecule has 0 spiro atoms. The molecule has 3 rings (SSSR count). The van der Waals surface area contributed by atoms with Crippen molar-refractivity contribution < 1.29 is 17.9 Å². The van der Waals surface area contributed by atoms with Crippen LogP contribution in [0, 0.1) is 6.92 Å². The normalized spacial score (nSPS) is 11.3. The fourth-order valence-corrected chi connectivity index (χ4v) is 2.59. The third kappa shape index (κ3) is 4.86. The summed E-state index contributed by atoms with van der Waals surface area (Å²) in [6.45, 7) is 0.279. The molecule has 0 bridgehead atoms. The number of aromatic nitrogens is 2. The van der Waals surface area contributed by atoms with Gasteiger partial charge in [-0.15, -0.1) is 10.2 Å². The number of hydrogen-bond donors (Lipinski definition) is 0. The zero-order valence-corrected chi connectivity index (χ0v) is 14.5. The lowest BCUT2D eigenvalue weighted by molar-refractivity contribution is -0.0498. The van der Waals surface area contributed by atoms with Gasteiger partial charge in [0.05, 0.1) is 6.54 Å². The SMILES string of the molecule is Cc1cccc(-c2nnc(CN(C)Cc3ccc(OC(F)F)cc3)o2)c1. The van der Waals surface area contributed by atoms with Crippen LogP contribution in [0.25, 0.3) is 11.5 Å². The van der Waals surface area contributed by atoms with E-state index >= 15 is 0 Å². The minimum atomic E-state index is -2.82. The van der Waals surface area contributed by atoms with E-state index in [4.69, 9.17) is 4.42 Å². The molecule has 26 heavy (non-hydrogen) atoms. The molecule has 0 unspecified atom stereocenters. The number of hydrogen-bond acceptors (Lipinski definition) is 5. The fraction of sp³-hybridized carbons (Fsp3) is 0.263. The van der Waals surface area contributed by atoms with E-state index in [2.05, 4.69) is 14.9 Å². The van der Waals surface area contributed by atoms with E-state index in [1.54, 1.807) is 12.1 Å². The van der Waals surface area contributed by atoms with Crippen molar-refractivity contribution in [2.75, 3.05) is 7.05 Å². The maximum absolute atomic E-state index is 12.2. The Morgan fingerprint density at radius 3 is 2.54 bits per heavy atom. The van der Waals surface area contributed by atoms with Crippen LogP contribution in [0.15, 0.2) is 52.9 Å². The van der Waals surface area contributed by atoms with E-state index in [1.807, 2.05) is 43.1 Å². The smallest absolute Gasteiger partial charge is 0.387 e. The molecule has 3 aromatic rings. The Balaban J connectivity index is 1.59. The number of alkyl halides is 2. The zero-order chi connectivity index (χ0) is 18.5. The monoisotopic (exact) mass is 359 g/mol. The largest absolute Gasteiger partial charge is 0.435 e. The fourth-order valence-electron chi connectivity index (χ4n) is 2.59. The third-order valence-corrected chi connectivity index (χ3v) is 3.74. The summed E-state index contributed by atoms with van der Waals surface area (Å²) in [6, 6.07) is 14.4. The Morgan fingerprint density at radius 2 is 1.85 bits per heavy atom. The first kappa shape index (κ1) is 18.0. The first-order valence-electron chi connectivity index (χ1n) is 8.11. The molecule has 0 N–H and O–H groups in total. The van der Waals surface area contributed by atoms with Gasteiger partial charge in [0.1, 0.15) is 5.75 Å². The lowest BCUT2D eigenvalue weighted by atomic mass is 10.1. The molecule has 136 valence electrons. The van der Waals surface area contributed by atoms with Gasteiger partial charge < -0.3 is 9.15 Å². The van der Waals surface area contributed by atoms with E-state index in [0.29, 0.717) is 24.9 Å². The summed E-state index contributed by atoms with van der Waals surface area (Å²) in [5.74, 6) is 1.15. The summed E-state index contributed by atoms with van der Waals surface area (Å²) in [4.78, 5) is 2.00. The quantitative estimate of drug-likeness (QED) is 0.630. The van der Waals surface area contributed by atoms with Gasteiger partial charge in [0, 0.05) is 12.1 Å². The molecule has 0 amide bonds. The second-order valence-corrected chi connectivity index (χ2v) is 6.07. The van der Waals surface area contributed by atoms with Crippen LogP contribution in [0.2, 0.25) is 0 Å². The predicted molar refractivity (Wildman–Crippen MR) is 92.7 cm³/mol. The molecule has 0 aliphatic carbocycles. The van der Waals surface area contributed by atoms with E-state index in [1.165, 1.54) is 12.1 Å². The molecule has 0 fully saturated rings. The molecule has 1 aromatic heterocycles. The van der Waals surface area contributed by atoms with Gasteiger partial charge in [0.25, 0.3) is 0 Å². The number of ether oxygens (including phenoxy) is 1. The number of aryl methyl sites for hydroxylation is 1. The van der Waals surface area contributed by atoms with Crippen molar-refractivity contribution in [3.8, 4) is 17.2 Å². The maximum Gasteiger partial charge on any atom is 0.387 e. The topological polar surface area (TPSA) is 51.4 Å². The molecular weight excluding hydrogens is 340 g/mol. The lowest BCUT2D eigenvalue weighted by Gasteiger charge is -2.14. The third-order valence-electron chi connectivity index (χ3n) is 3.74. The van der Waals surface area contributed by atoms with Crippen molar-refractivity contribution in [2.24, 2.45) is 0 Å². The highest BCUT2D eigenvalue weighted by Gasteiger charge is 2.11. The Hall–Kier alpha value is -2.80. The van der Waals surface area contributed by atoms with Crippen LogP contribution < -0.4 is 4.74 Å². The summed E-state index contributed by atoms with van der Waals surface area (Å²) in [7, 11) is 1.92. The molecule has 0 aliphatic rings. The number of halogens is 2. The molecule has 0 saturated heterocycles. The Labute approximate surface area is 150 Å². The van der Waals surface area contributed by atoms with Crippen molar-refractivity contribution in [1.82, 2.24) is 15.1 Å². The van der Waals surface area contributed by atoms with Crippen LogP contribution in [0.1, 0.15) is 17.0 Å². The predicted octanol–water partition coefficient (Wildman–Crippen LogP) is 4.28. The molecule has 0 saturated carbocycles.